The SMILES string of the molecule is CCCCCc1ccc(NCc2ccc(F)c(F)c2)cc1. The lowest BCUT2D eigenvalue weighted by atomic mass is 10.1. The number of nitrogens with one attached hydrogen (secondary N) is 1. The molecule has 2 aromatic rings. The molecule has 1 N–H and O–H groups in total. The summed E-state index contributed by atoms with van der Waals surface area (Å²) in [6.45, 7) is 2.68. The topological polar surface area (TPSA) is 12.0 Å². The molecular formula is C18H21F2N. The third-order valence-electron chi connectivity index (χ3n) is 3.50. The van der Waals surface area contributed by atoms with E-state index in [0.717, 1.165) is 23.7 Å². The second-order valence-corrected chi connectivity index (χ2v) is 5.26. The molecular weight excluding hydrogens is 268 g/mol. The first kappa shape index (κ1) is 15.5. The van der Waals surface area contributed by atoms with Crippen molar-refractivity contribution in [2.45, 2.75) is 39.2 Å². The van der Waals surface area contributed by atoms with Crippen LogP contribution in [0, 0.1) is 11.6 Å². The van der Waals surface area contributed by atoms with Crippen LogP contribution in [0.15, 0.2) is 42.5 Å². The predicted octanol–water partition coefficient (Wildman–Crippen LogP) is 5.31. The van der Waals surface area contributed by atoms with E-state index < -0.39 is 11.6 Å². The minimum absolute atomic E-state index is 0.479. The Morgan fingerprint density at radius 2 is 1.57 bits per heavy atom. The van der Waals surface area contributed by atoms with Gasteiger partial charge in [0.05, 0.1) is 0 Å². The number of hydrogen-bond acceptors (Lipinski definition) is 1. The monoisotopic (exact) mass is 289 g/mol. The van der Waals surface area contributed by atoms with Gasteiger partial charge in [0.25, 0.3) is 0 Å². The van der Waals surface area contributed by atoms with Gasteiger partial charge in [0.1, 0.15) is 0 Å². The summed E-state index contributed by atoms with van der Waals surface area (Å²) in [7, 11) is 0. The first-order valence-electron chi connectivity index (χ1n) is 7.46. The van der Waals surface area contributed by atoms with Crippen LogP contribution in [0.3, 0.4) is 0 Å². The van der Waals surface area contributed by atoms with E-state index in [0.29, 0.717) is 6.54 Å². The Balaban J connectivity index is 1.86. The van der Waals surface area contributed by atoms with Gasteiger partial charge in [0, 0.05) is 12.2 Å². The van der Waals surface area contributed by atoms with E-state index >= 15 is 0 Å². The Morgan fingerprint density at radius 1 is 0.857 bits per heavy atom. The molecule has 0 bridgehead atoms. The lowest BCUT2D eigenvalue weighted by Crippen LogP contribution is -2.00. The number of hydrogen-bond donors (Lipinski definition) is 1. The molecule has 2 aromatic carbocycles. The number of halogens is 2. The quantitative estimate of drug-likeness (QED) is 0.681. The summed E-state index contributed by atoms with van der Waals surface area (Å²) in [5.41, 5.74) is 3.04. The second-order valence-electron chi connectivity index (χ2n) is 5.26. The molecule has 0 aromatic heterocycles. The molecule has 0 saturated heterocycles. The first-order chi connectivity index (χ1) is 10.2. The van der Waals surface area contributed by atoms with E-state index in [4.69, 9.17) is 0 Å². The Hall–Kier alpha value is -1.90. The van der Waals surface area contributed by atoms with Gasteiger partial charge in [-0.15, -0.1) is 0 Å². The zero-order valence-electron chi connectivity index (χ0n) is 12.3. The molecule has 1 nitrogen and oxygen atoms in total. The van der Waals surface area contributed by atoms with Crippen molar-refractivity contribution in [3.63, 3.8) is 0 Å². The number of unbranched alkanes of at least 4 members (excludes halogenated alkanes) is 2. The summed E-state index contributed by atoms with van der Waals surface area (Å²) in [6, 6.07) is 12.3. The van der Waals surface area contributed by atoms with Crippen molar-refractivity contribution >= 4 is 5.69 Å². The summed E-state index contributed by atoms with van der Waals surface area (Å²) < 4.78 is 25.9. The van der Waals surface area contributed by atoms with E-state index in [1.54, 1.807) is 6.07 Å². The third kappa shape index (κ3) is 4.85. The van der Waals surface area contributed by atoms with Crippen LogP contribution in [0.25, 0.3) is 0 Å². The largest absolute Gasteiger partial charge is 0.381 e. The fourth-order valence-electron chi connectivity index (χ4n) is 2.22. The predicted molar refractivity (Wildman–Crippen MR) is 83.4 cm³/mol. The zero-order valence-corrected chi connectivity index (χ0v) is 12.3. The van der Waals surface area contributed by atoms with Crippen molar-refractivity contribution in [3.05, 3.63) is 65.2 Å². The van der Waals surface area contributed by atoms with Gasteiger partial charge in [0.15, 0.2) is 11.6 Å². The maximum atomic E-state index is 13.1. The number of benzene rings is 2. The van der Waals surface area contributed by atoms with E-state index in [1.807, 2.05) is 12.1 Å². The lowest BCUT2D eigenvalue weighted by Gasteiger charge is -2.08. The van der Waals surface area contributed by atoms with Gasteiger partial charge < -0.3 is 5.32 Å². The zero-order chi connectivity index (χ0) is 15.1. The molecule has 0 saturated carbocycles. The van der Waals surface area contributed by atoms with Crippen LogP contribution in [-0.4, -0.2) is 0 Å². The Labute approximate surface area is 125 Å². The highest BCUT2D eigenvalue weighted by Gasteiger charge is 2.02. The third-order valence-corrected chi connectivity index (χ3v) is 3.50. The van der Waals surface area contributed by atoms with Gasteiger partial charge in [-0.1, -0.05) is 38.0 Å². The average Bonchev–Trinajstić information content (AvgIpc) is 2.50. The number of anilines is 1. The fraction of sp³-hybridized carbons (Fsp3) is 0.333. The number of aryl methyl sites for hydroxylation is 1. The van der Waals surface area contributed by atoms with Crippen LogP contribution in [0.5, 0.6) is 0 Å². The van der Waals surface area contributed by atoms with Crippen molar-refractivity contribution in [1.29, 1.82) is 0 Å². The molecule has 0 amide bonds. The molecule has 0 heterocycles. The molecule has 0 fully saturated rings. The van der Waals surface area contributed by atoms with E-state index in [9.17, 15) is 8.78 Å². The average molecular weight is 289 g/mol. The van der Waals surface area contributed by atoms with Gasteiger partial charge in [-0.2, -0.15) is 0 Å². The van der Waals surface area contributed by atoms with Crippen LogP contribution in [0.4, 0.5) is 14.5 Å². The highest BCUT2D eigenvalue weighted by atomic mass is 19.2. The molecule has 21 heavy (non-hydrogen) atoms. The minimum Gasteiger partial charge on any atom is -0.381 e. The maximum Gasteiger partial charge on any atom is 0.159 e. The lowest BCUT2D eigenvalue weighted by molar-refractivity contribution is 0.507. The van der Waals surface area contributed by atoms with Gasteiger partial charge in [0.2, 0.25) is 0 Å². The van der Waals surface area contributed by atoms with E-state index in [1.165, 1.54) is 30.9 Å². The van der Waals surface area contributed by atoms with E-state index in [-0.39, 0.29) is 0 Å². The van der Waals surface area contributed by atoms with Crippen LogP contribution < -0.4 is 5.32 Å². The molecule has 0 radical (unpaired) electrons. The smallest absolute Gasteiger partial charge is 0.159 e. The minimum atomic E-state index is -0.810. The molecule has 0 unspecified atom stereocenters. The molecule has 112 valence electrons. The second kappa shape index (κ2) is 7.77. The first-order valence-corrected chi connectivity index (χ1v) is 7.46. The van der Waals surface area contributed by atoms with Gasteiger partial charge >= 0.3 is 0 Å². The van der Waals surface area contributed by atoms with Gasteiger partial charge in [-0.05, 0) is 48.2 Å². The van der Waals surface area contributed by atoms with Crippen LogP contribution in [0.1, 0.15) is 37.3 Å². The van der Waals surface area contributed by atoms with Gasteiger partial charge in [-0.3, -0.25) is 0 Å². The molecule has 0 aliphatic carbocycles. The Kier molecular flexibility index (Phi) is 5.73. The van der Waals surface area contributed by atoms with E-state index in [2.05, 4.69) is 24.4 Å². The Bertz CT molecular complexity index is 564. The fourth-order valence-corrected chi connectivity index (χ4v) is 2.22. The van der Waals surface area contributed by atoms with Crippen molar-refractivity contribution in [1.82, 2.24) is 0 Å². The summed E-state index contributed by atoms with van der Waals surface area (Å²) in [5.74, 6) is -1.62. The highest BCUT2D eigenvalue weighted by Crippen LogP contribution is 2.14. The Morgan fingerprint density at radius 3 is 2.24 bits per heavy atom. The molecule has 0 spiro atoms. The van der Waals surface area contributed by atoms with Crippen molar-refractivity contribution in [2.24, 2.45) is 0 Å². The molecule has 0 atom stereocenters. The maximum absolute atomic E-state index is 13.1. The molecule has 0 aliphatic heterocycles. The van der Waals surface area contributed by atoms with Crippen molar-refractivity contribution < 1.29 is 8.78 Å². The summed E-state index contributed by atoms with van der Waals surface area (Å²) in [5, 5.41) is 3.21. The summed E-state index contributed by atoms with van der Waals surface area (Å²) in [6.07, 6.45) is 4.82. The van der Waals surface area contributed by atoms with Gasteiger partial charge in [-0.25, -0.2) is 8.78 Å². The number of rotatable bonds is 7. The van der Waals surface area contributed by atoms with Crippen molar-refractivity contribution in [2.75, 3.05) is 5.32 Å². The summed E-state index contributed by atoms with van der Waals surface area (Å²) >= 11 is 0. The van der Waals surface area contributed by atoms with Crippen molar-refractivity contribution in [3.8, 4) is 0 Å². The molecule has 0 aliphatic rings. The molecule has 2 rings (SSSR count). The highest BCUT2D eigenvalue weighted by molar-refractivity contribution is 5.45. The van der Waals surface area contributed by atoms with Crippen LogP contribution in [0.2, 0.25) is 0 Å². The van der Waals surface area contributed by atoms with Crippen LogP contribution >= 0.6 is 0 Å². The molecule has 3 heteroatoms. The standard InChI is InChI=1S/C18H21F2N/c1-2-3-4-5-14-6-9-16(10-7-14)21-13-15-8-11-17(19)18(20)12-15/h6-12,21H,2-5,13H2,1H3. The van der Waals surface area contributed by atoms with Crippen LogP contribution in [-0.2, 0) is 13.0 Å². The summed E-state index contributed by atoms with van der Waals surface area (Å²) in [4.78, 5) is 0. The normalized spacial score (nSPS) is 10.6.